The molecule has 0 saturated heterocycles. The summed E-state index contributed by atoms with van der Waals surface area (Å²) in [4.78, 5) is 11.9. The van der Waals surface area contributed by atoms with E-state index >= 15 is 0 Å². The van der Waals surface area contributed by atoms with Gasteiger partial charge >= 0.3 is 5.69 Å². The van der Waals surface area contributed by atoms with Gasteiger partial charge in [0.15, 0.2) is 0 Å². The van der Waals surface area contributed by atoms with Gasteiger partial charge < -0.3 is 0 Å². The van der Waals surface area contributed by atoms with Crippen molar-refractivity contribution in [2.45, 2.75) is 46.2 Å². The van der Waals surface area contributed by atoms with E-state index in [0.717, 1.165) is 24.0 Å². The van der Waals surface area contributed by atoms with Gasteiger partial charge in [-0.3, -0.25) is 4.57 Å². The van der Waals surface area contributed by atoms with E-state index in [-0.39, 0.29) is 11.7 Å². The van der Waals surface area contributed by atoms with Crippen molar-refractivity contribution in [3.05, 3.63) is 16.3 Å². The van der Waals surface area contributed by atoms with E-state index < -0.39 is 0 Å². The maximum absolute atomic E-state index is 11.9. The minimum Gasteiger partial charge on any atom is -0.277 e. The molecule has 0 aromatic carbocycles. The third kappa shape index (κ3) is 2.93. The van der Waals surface area contributed by atoms with Crippen LogP contribution in [0.15, 0.2) is 4.79 Å². The van der Waals surface area contributed by atoms with Gasteiger partial charge in [-0.05, 0) is 33.6 Å². The number of unbranched alkanes of at least 4 members (excludes halogenated alkanes) is 1. The fourth-order valence-electron chi connectivity index (χ4n) is 1.62. The summed E-state index contributed by atoms with van der Waals surface area (Å²) in [6.07, 6.45) is 2.06. The third-order valence-corrected chi connectivity index (χ3v) is 2.87. The van der Waals surface area contributed by atoms with E-state index in [9.17, 15) is 4.79 Å². The molecule has 5 heteroatoms. The first-order chi connectivity index (χ1) is 7.07. The van der Waals surface area contributed by atoms with E-state index in [1.165, 1.54) is 0 Å². The number of hydrogen-bond donors (Lipinski definition) is 0. The highest BCUT2D eigenvalue weighted by atomic mass is 79.9. The number of hydrogen-bond acceptors (Lipinski definition) is 2. The van der Waals surface area contributed by atoms with Crippen LogP contribution in [0.5, 0.6) is 0 Å². The Labute approximate surface area is 98.4 Å². The summed E-state index contributed by atoms with van der Waals surface area (Å²) in [6.45, 7) is 6.59. The zero-order valence-electron chi connectivity index (χ0n) is 9.53. The Hall–Kier alpha value is -0.580. The lowest BCUT2D eigenvalue weighted by molar-refractivity contribution is 0.522. The second-order valence-corrected chi connectivity index (χ2v) is 4.71. The molecule has 15 heavy (non-hydrogen) atoms. The molecule has 1 aromatic rings. The van der Waals surface area contributed by atoms with E-state index in [2.05, 4.69) is 21.0 Å². The van der Waals surface area contributed by atoms with Crippen LogP contribution in [0.1, 0.15) is 38.6 Å². The largest absolute Gasteiger partial charge is 0.346 e. The smallest absolute Gasteiger partial charge is 0.277 e. The van der Waals surface area contributed by atoms with Gasteiger partial charge in [0.25, 0.3) is 0 Å². The van der Waals surface area contributed by atoms with Gasteiger partial charge in [-0.1, -0.05) is 15.9 Å². The van der Waals surface area contributed by atoms with Gasteiger partial charge in [0.2, 0.25) is 0 Å². The molecule has 0 aliphatic carbocycles. The summed E-state index contributed by atoms with van der Waals surface area (Å²) in [6, 6.07) is 0.183. The molecule has 0 aliphatic rings. The van der Waals surface area contributed by atoms with Crippen LogP contribution in [0.3, 0.4) is 0 Å². The Morgan fingerprint density at radius 1 is 1.40 bits per heavy atom. The Kier molecular flexibility index (Phi) is 4.57. The van der Waals surface area contributed by atoms with Gasteiger partial charge in [-0.2, -0.15) is 5.10 Å². The molecule has 0 spiro atoms. The van der Waals surface area contributed by atoms with Crippen molar-refractivity contribution in [3.8, 4) is 0 Å². The van der Waals surface area contributed by atoms with E-state index in [1.54, 1.807) is 9.25 Å². The van der Waals surface area contributed by atoms with Gasteiger partial charge in [0.05, 0.1) is 0 Å². The van der Waals surface area contributed by atoms with Crippen molar-refractivity contribution in [1.29, 1.82) is 0 Å². The Bertz CT molecular complexity index is 367. The van der Waals surface area contributed by atoms with Crippen molar-refractivity contribution in [1.82, 2.24) is 14.3 Å². The molecule has 1 rings (SSSR count). The van der Waals surface area contributed by atoms with Crippen LogP contribution < -0.4 is 5.69 Å². The van der Waals surface area contributed by atoms with Crippen LogP contribution >= 0.6 is 15.9 Å². The molecule has 1 aromatic heterocycles. The molecule has 0 unspecified atom stereocenters. The van der Waals surface area contributed by atoms with E-state index in [4.69, 9.17) is 0 Å². The highest BCUT2D eigenvalue weighted by molar-refractivity contribution is 9.09. The molecule has 0 saturated carbocycles. The van der Waals surface area contributed by atoms with Gasteiger partial charge in [0, 0.05) is 17.9 Å². The highest BCUT2D eigenvalue weighted by Gasteiger charge is 2.11. The predicted octanol–water partition coefficient (Wildman–Crippen LogP) is 2.11. The average molecular weight is 276 g/mol. The highest BCUT2D eigenvalue weighted by Crippen LogP contribution is 2.03. The summed E-state index contributed by atoms with van der Waals surface area (Å²) in [5, 5.41) is 5.23. The minimum atomic E-state index is 0.0112. The summed E-state index contributed by atoms with van der Waals surface area (Å²) >= 11 is 3.37. The van der Waals surface area contributed by atoms with Crippen LogP contribution in [0, 0.1) is 6.92 Å². The molecule has 0 N–H and O–H groups in total. The maximum atomic E-state index is 11.9. The van der Waals surface area contributed by atoms with Crippen molar-refractivity contribution in [3.63, 3.8) is 0 Å². The number of aromatic nitrogens is 3. The summed E-state index contributed by atoms with van der Waals surface area (Å²) in [5.74, 6) is 0.800. The van der Waals surface area contributed by atoms with Crippen molar-refractivity contribution >= 4 is 15.9 Å². The van der Waals surface area contributed by atoms with Crippen LogP contribution in [-0.4, -0.2) is 19.7 Å². The fraction of sp³-hybridized carbons (Fsp3) is 0.800. The quantitative estimate of drug-likeness (QED) is 0.610. The molecule has 0 bridgehead atoms. The number of nitrogens with zero attached hydrogens (tertiary/aromatic N) is 3. The Morgan fingerprint density at radius 3 is 2.53 bits per heavy atom. The molecule has 0 amide bonds. The van der Waals surface area contributed by atoms with Gasteiger partial charge in [-0.15, -0.1) is 0 Å². The first-order valence-electron chi connectivity index (χ1n) is 5.29. The zero-order valence-corrected chi connectivity index (χ0v) is 11.1. The summed E-state index contributed by atoms with van der Waals surface area (Å²) < 4.78 is 3.30. The first kappa shape index (κ1) is 12.5. The molecule has 1 heterocycles. The number of aryl methyl sites for hydroxylation is 2. The summed E-state index contributed by atoms with van der Waals surface area (Å²) in [7, 11) is 0. The van der Waals surface area contributed by atoms with Gasteiger partial charge in [-0.25, -0.2) is 9.48 Å². The Balaban J connectivity index is 2.83. The van der Waals surface area contributed by atoms with Crippen molar-refractivity contribution in [2.24, 2.45) is 0 Å². The van der Waals surface area contributed by atoms with Crippen molar-refractivity contribution in [2.75, 3.05) is 5.33 Å². The zero-order chi connectivity index (χ0) is 11.4. The normalized spacial score (nSPS) is 11.3. The lowest BCUT2D eigenvalue weighted by Crippen LogP contribution is -2.26. The topological polar surface area (TPSA) is 39.8 Å². The monoisotopic (exact) mass is 275 g/mol. The SMILES string of the molecule is Cc1nn(CCCCBr)c(=O)n1C(C)C. The number of alkyl halides is 1. The molecule has 0 fully saturated rings. The van der Waals surface area contributed by atoms with E-state index in [0.29, 0.717) is 6.54 Å². The number of halogens is 1. The molecular formula is C10H18BrN3O. The molecule has 0 atom stereocenters. The molecule has 0 aliphatic heterocycles. The standard InChI is InChI=1S/C10H18BrN3O/c1-8(2)14-9(3)12-13(10(14)15)7-5-4-6-11/h8H,4-7H2,1-3H3. The second-order valence-electron chi connectivity index (χ2n) is 3.91. The number of rotatable bonds is 5. The molecule has 4 nitrogen and oxygen atoms in total. The van der Waals surface area contributed by atoms with Crippen molar-refractivity contribution < 1.29 is 0 Å². The minimum absolute atomic E-state index is 0.0112. The Morgan fingerprint density at radius 2 is 2.07 bits per heavy atom. The third-order valence-electron chi connectivity index (χ3n) is 2.31. The average Bonchev–Trinajstić information content (AvgIpc) is 2.42. The van der Waals surface area contributed by atoms with Crippen LogP contribution in [-0.2, 0) is 6.54 Å². The first-order valence-corrected chi connectivity index (χ1v) is 6.42. The van der Waals surface area contributed by atoms with Crippen LogP contribution in [0.4, 0.5) is 0 Å². The second kappa shape index (κ2) is 5.49. The summed E-state index contributed by atoms with van der Waals surface area (Å²) in [5.41, 5.74) is 0.0112. The van der Waals surface area contributed by atoms with Gasteiger partial charge in [0.1, 0.15) is 5.82 Å². The molecular weight excluding hydrogens is 258 g/mol. The van der Waals surface area contributed by atoms with E-state index in [1.807, 2.05) is 20.8 Å². The molecule has 0 radical (unpaired) electrons. The van der Waals surface area contributed by atoms with Crippen LogP contribution in [0.25, 0.3) is 0 Å². The molecule has 86 valence electrons. The maximum Gasteiger partial charge on any atom is 0.346 e. The predicted molar refractivity (Wildman–Crippen MR) is 64.6 cm³/mol. The fourth-order valence-corrected chi connectivity index (χ4v) is 2.02. The van der Waals surface area contributed by atoms with Crippen LogP contribution in [0.2, 0.25) is 0 Å². The lowest BCUT2D eigenvalue weighted by Gasteiger charge is -2.05. The lowest BCUT2D eigenvalue weighted by atomic mass is 10.3.